The number of piperazine rings is 1. The fraction of sp³-hybridized carbons (Fsp3) is 0.417. The van der Waals surface area contributed by atoms with Gasteiger partial charge < -0.3 is 20.2 Å². The Hall–Kier alpha value is -2.31. The van der Waals surface area contributed by atoms with E-state index in [1.807, 2.05) is 0 Å². The summed E-state index contributed by atoms with van der Waals surface area (Å²) < 4.78 is 0. The first-order valence-electron chi connectivity index (χ1n) is 6.14. The van der Waals surface area contributed by atoms with E-state index in [1.165, 1.54) is 12.3 Å². The lowest BCUT2D eigenvalue weighted by molar-refractivity contribution is 0.0608. The molecule has 0 aromatic carbocycles. The van der Waals surface area contributed by atoms with Gasteiger partial charge in [-0.3, -0.25) is 4.79 Å². The summed E-state index contributed by atoms with van der Waals surface area (Å²) in [7, 11) is 0. The number of aromatic hydroxyl groups is 1. The standard InChI is InChI=1S/C12H14N4O3/c17-9-2-1-3-13-10(9)11(18)15-4-5-16-8(7-15)6-14-12(16)19/h1-3,8,17H,4-7H2,(H,14,19). The van der Waals surface area contributed by atoms with Crippen LogP contribution in [0.15, 0.2) is 18.3 Å². The van der Waals surface area contributed by atoms with Crippen LogP contribution in [0.4, 0.5) is 4.79 Å². The highest BCUT2D eigenvalue weighted by molar-refractivity contribution is 5.95. The molecule has 2 N–H and O–H groups in total. The highest BCUT2D eigenvalue weighted by Gasteiger charge is 2.37. The van der Waals surface area contributed by atoms with E-state index >= 15 is 0 Å². The van der Waals surface area contributed by atoms with Crippen molar-refractivity contribution in [2.75, 3.05) is 26.2 Å². The Bertz CT molecular complexity index is 533. The second-order valence-corrected chi connectivity index (χ2v) is 4.66. The van der Waals surface area contributed by atoms with Gasteiger partial charge in [0.2, 0.25) is 0 Å². The number of nitrogens with one attached hydrogen (secondary N) is 1. The van der Waals surface area contributed by atoms with Gasteiger partial charge in [-0.15, -0.1) is 0 Å². The first kappa shape index (κ1) is 11.8. The van der Waals surface area contributed by atoms with E-state index in [1.54, 1.807) is 15.9 Å². The number of fused-ring (bicyclic) bond motifs is 1. The number of nitrogens with zero attached hydrogens (tertiary/aromatic N) is 3. The highest BCUT2D eigenvalue weighted by atomic mass is 16.3. The topological polar surface area (TPSA) is 85.8 Å². The Morgan fingerprint density at radius 3 is 3.11 bits per heavy atom. The van der Waals surface area contributed by atoms with Crippen LogP contribution in [0.3, 0.4) is 0 Å². The van der Waals surface area contributed by atoms with Crippen LogP contribution in [0.5, 0.6) is 5.75 Å². The number of rotatable bonds is 1. The van der Waals surface area contributed by atoms with E-state index in [-0.39, 0.29) is 29.4 Å². The molecule has 1 unspecified atom stereocenters. The molecule has 2 aliphatic rings. The fourth-order valence-corrected chi connectivity index (χ4v) is 2.50. The molecular weight excluding hydrogens is 248 g/mol. The van der Waals surface area contributed by atoms with Gasteiger partial charge in [0.05, 0.1) is 6.04 Å². The lowest BCUT2D eigenvalue weighted by atomic mass is 10.2. The van der Waals surface area contributed by atoms with Crippen molar-refractivity contribution >= 4 is 11.9 Å². The van der Waals surface area contributed by atoms with Crippen LogP contribution < -0.4 is 5.32 Å². The quantitative estimate of drug-likeness (QED) is 0.723. The van der Waals surface area contributed by atoms with Crippen molar-refractivity contribution < 1.29 is 14.7 Å². The van der Waals surface area contributed by atoms with E-state index in [2.05, 4.69) is 10.3 Å². The van der Waals surface area contributed by atoms with E-state index < -0.39 is 0 Å². The molecule has 3 amide bonds. The van der Waals surface area contributed by atoms with Crippen LogP contribution in [-0.2, 0) is 0 Å². The van der Waals surface area contributed by atoms with E-state index in [0.29, 0.717) is 26.2 Å². The molecule has 19 heavy (non-hydrogen) atoms. The number of carbonyl (C=O) groups excluding carboxylic acids is 2. The van der Waals surface area contributed by atoms with Gasteiger partial charge in [0.15, 0.2) is 5.69 Å². The Morgan fingerprint density at radius 1 is 1.47 bits per heavy atom. The minimum absolute atomic E-state index is 0.0102. The zero-order chi connectivity index (χ0) is 13.4. The van der Waals surface area contributed by atoms with E-state index in [9.17, 15) is 14.7 Å². The zero-order valence-corrected chi connectivity index (χ0v) is 10.2. The molecule has 2 fully saturated rings. The Balaban J connectivity index is 1.76. The van der Waals surface area contributed by atoms with Crippen molar-refractivity contribution in [3.05, 3.63) is 24.0 Å². The molecule has 100 valence electrons. The lowest BCUT2D eigenvalue weighted by Gasteiger charge is -2.36. The molecule has 7 nitrogen and oxygen atoms in total. The summed E-state index contributed by atoms with van der Waals surface area (Å²) in [4.78, 5) is 31.0. The van der Waals surface area contributed by atoms with Crippen LogP contribution in [0, 0.1) is 0 Å². The molecule has 1 aromatic heterocycles. The monoisotopic (exact) mass is 262 g/mol. The van der Waals surface area contributed by atoms with E-state index in [0.717, 1.165) is 0 Å². The number of pyridine rings is 1. The third-order valence-corrected chi connectivity index (χ3v) is 3.51. The third kappa shape index (κ3) is 1.96. The summed E-state index contributed by atoms with van der Waals surface area (Å²) >= 11 is 0. The molecule has 3 rings (SSSR count). The van der Waals surface area contributed by atoms with Crippen molar-refractivity contribution in [1.82, 2.24) is 20.1 Å². The minimum atomic E-state index is -0.294. The van der Waals surface area contributed by atoms with Crippen LogP contribution >= 0.6 is 0 Å². The van der Waals surface area contributed by atoms with Gasteiger partial charge in [0.1, 0.15) is 5.75 Å². The van der Waals surface area contributed by atoms with Gasteiger partial charge in [0, 0.05) is 32.4 Å². The third-order valence-electron chi connectivity index (χ3n) is 3.51. The molecule has 0 aliphatic carbocycles. The average molecular weight is 262 g/mol. The summed E-state index contributed by atoms with van der Waals surface area (Å²) in [6.07, 6.45) is 1.48. The Kier molecular flexibility index (Phi) is 2.73. The Labute approximate surface area is 109 Å². The van der Waals surface area contributed by atoms with Crippen LogP contribution in [0.25, 0.3) is 0 Å². The van der Waals surface area contributed by atoms with Gasteiger partial charge in [-0.25, -0.2) is 9.78 Å². The first-order valence-corrected chi connectivity index (χ1v) is 6.14. The number of amides is 3. The summed E-state index contributed by atoms with van der Waals surface area (Å²) in [5.41, 5.74) is 0.0632. The molecule has 1 aromatic rings. The number of carbonyl (C=O) groups is 2. The predicted molar refractivity (Wildman–Crippen MR) is 65.7 cm³/mol. The molecule has 1 atom stereocenters. The van der Waals surface area contributed by atoms with Crippen molar-refractivity contribution in [3.63, 3.8) is 0 Å². The molecule has 0 spiro atoms. The molecule has 2 saturated heterocycles. The first-order chi connectivity index (χ1) is 9.16. The van der Waals surface area contributed by atoms with Crippen molar-refractivity contribution in [3.8, 4) is 5.75 Å². The maximum absolute atomic E-state index is 12.3. The van der Waals surface area contributed by atoms with Crippen molar-refractivity contribution in [1.29, 1.82) is 0 Å². The fourth-order valence-electron chi connectivity index (χ4n) is 2.50. The van der Waals surface area contributed by atoms with Gasteiger partial charge in [-0.1, -0.05) is 0 Å². The molecule has 0 radical (unpaired) electrons. The molecule has 7 heteroatoms. The number of hydrogen-bond donors (Lipinski definition) is 2. The van der Waals surface area contributed by atoms with E-state index in [4.69, 9.17) is 0 Å². The van der Waals surface area contributed by atoms with Crippen molar-refractivity contribution in [2.45, 2.75) is 6.04 Å². The maximum atomic E-state index is 12.3. The Morgan fingerprint density at radius 2 is 2.32 bits per heavy atom. The molecular formula is C12H14N4O3. The summed E-state index contributed by atoms with van der Waals surface area (Å²) in [5.74, 6) is -0.410. The van der Waals surface area contributed by atoms with Gasteiger partial charge >= 0.3 is 6.03 Å². The SMILES string of the molecule is O=C(c1ncccc1O)N1CCN2C(=O)NCC2C1. The number of aromatic nitrogens is 1. The van der Waals surface area contributed by atoms with Crippen molar-refractivity contribution in [2.24, 2.45) is 0 Å². The molecule has 2 aliphatic heterocycles. The smallest absolute Gasteiger partial charge is 0.317 e. The van der Waals surface area contributed by atoms with Crippen LogP contribution in [0.1, 0.15) is 10.5 Å². The van der Waals surface area contributed by atoms with Gasteiger partial charge in [-0.2, -0.15) is 0 Å². The summed E-state index contributed by atoms with van der Waals surface area (Å²) in [6, 6.07) is 2.95. The average Bonchev–Trinajstić information content (AvgIpc) is 2.80. The molecule has 0 saturated carbocycles. The second-order valence-electron chi connectivity index (χ2n) is 4.66. The minimum Gasteiger partial charge on any atom is -0.505 e. The maximum Gasteiger partial charge on any atom is 0.317 e. The highest BCUT2D eigenvalue weighted by Crippen LogP contribution is 2.19. The second kappa shape index (κ2) is 4.42. The summed E-state index contributed by atoms with van der Waals surface area (Å²) in [5, 5.41) is 12.4. The molecule has 0 bridgehead atoms. The summed E-state index contributed by atoms with van der Waals surface area (Å²) in [6.45, 7) is 1.99. The van der Waals surface area contributed by atoms with Gasteiger partial charge in [-0.05, 0) is 12.1 Å². The predicted octanol–water partition coefficient (Wildman–Crippen LogP) is -0.363. The van der Waals surface area contributed by atoms with Crippen LogP contribution in [0.2, 0.25) is 0 Å². The number of hydrogen-bond acceptors (Lipinski definition) is 4. The number of urea groups is 1. The van der Waals surface area contributed by atoms with Gasteiger partial charge in [0.25, 0.3) is 5.91 Å². The largest absolute Gasteiger partial charge is 0.505 e. The normalized spacial score (nSPS) is 22.1. The van der Waals surface area contributed by atoms with Crippen LogP contribution in [-0.4, -0.2) is 64.0 Å². The zero-order valence-electron chi connectivity index (χ0n) is 10.2. The lowest BCUT2D eigenvalue weighted by Crippen LogP contribution is -2.53. The molecule has 3 heterocycles.